The predicted octanol–water partition coefficient (Wildman–Crippen LogP) is 1.80. The van der Waals surface area contributed by atoms with Gasteiger partial charge in [0, 0.05) is 17.5 Å². The molecule has 2 aliphatic heterocycles. The van der Waals surface area contributed by atoms with E-state index in [0.717, 1.165) is 0 Å². The fraction of sp³-hybridized carbons (Fsp3) is 0.444. The number of phenols is 1. The molecule has 0 radical (unpaired) electrons. The number of likely N-dealkylation sites (tertiary alicyclic amines) is 1. The highest BCUT2D eigenvalue weighted by Gasteiger charge is 2.46. The molecule has 0 aromatic heterocycles. The molecule has 3 rings (SSSR count). The number of nitrogens with zero attached hydrogens (tertiary/aromatic N) is 2. The lowest BCUT2D eigenvalue weighted by molar-refractivity contribution is -0.150. The van der Waals surface area contributed by atoms with E-state index >= 15 is 0 Å². The van der Waals surface area contributed by atoms with Crippen LogP contribution in [0.1, 0.15) is 49.5 Å². The van der Waals surface area contributed by atoms with E-state index in [-0.39, 0.29) is 25.1 Å². The third-order valence-corrected chi connectivity index (χ3v) is 4.31. The van der Waals surface area contributed by atoms with Gasteiger partial charge in [0.25, 0.3) is 11.8 Å². The summed E-state index contributed by atoms with van der Waals surface area (Å²) < 4.78 is 5.14. The molecule has 1 saturated heterocycles. The van der Waals surface area contributed by atoms with E-state index < -0.39 is 35.5 Å². The Morgan fingerprint density at radius 1 is 1.23 bits per heavy atom. The van der Waals surface area contributed by atoms with Crippen molar-refractivity contribution in [2.24, 2.45) is 0 Å². The zero-order valence-corrected chi connectivity index (χ0v) is 14.8. The molecule has 1 atom stereocenters. The van der Waals surface area contributed by atoms with Gasteiger partial charge in [-0.25, -0.2) is 4.79 Å². The molecule has 4 amide bonds. The molecule has 8 nitrogen and oxygen atoms in total. The fourth-order valence-corrected chi connectivity index (χ4v) is 3.15. The molecule has 1 fully saturated rings. The van der Waals surface area contributed by atoms with Crippen LogP contribution in [0.5, 0.6) is 5.75 Å². The molecule has 0 aliphatic carbocycles. The molecular formula is C18H20N2O6. The Balaban J connectivity index is 1.85. The Kier molecular flexibility index (Phi) is 4.21. The standard InChI is InChI=1S/C18H20N2O6/c1-18(2,3)26-17(25)20-14(22)8-7-12(16(20)24)19-9-11-10(15(19)23)5-4-6-13(11)21/h4-6,12,21H,7-9H2,1-3H3. The van der Waals surface area contributed by atoms with Crippen LogP contribution >= 0.6 is 0 Å². The fourth-order valence-electron chi connectivity index (χ4n) is 3.15. The molecule has 8 heteroatoms. The first-order valence-electron chi connectivity index (χ1n) is 8.32. The highest BCUT2D eigenvalue weighted by molar-refractivity contribution is 6.13. The predicted molar refractivity (Wildman–Crippen MR) is 89.1 cm³/mol. The van der Waals surface area contributed by atoms with Gasteiger partial charge >= 0.3 is 6.09 Å². The Morgan fingerprint density at radius 2 is 1.92 bits per heavy atom. The summed E-state index contributed by atoms with van der Waals surface area (Å²) in [5.74, 6) is -1.86. The van der Waals surface area contributed by atoms with Crippen LogP contribution in [-0.4, -0.2) is 50.4 Å². The van der Waals surface area contributed by atoms with Gasteiger partial charge in [-0.3, -0.25) is 14.4 Å². The number of benzene rings is 1. The Bertz CT molecular complexity index is 810. The number of carbonyl (C=O) groups excluding carboxylic acids is 4. The Morgan fingerprint density at radius 3 is 2.54 bits per heavy atom. The smallest absolute Gasteiger partial charge is 0.424 e. The van der Waals surface area contributed by atoms with Gasteiger partial charge in [-0.05, 0) is 39.3 Å². The molecule has 0 spiro atoms. The maximum atomic E-state index is 12.8. The number of carbonyl (C=O) groups is 4. The van der Waals surface area contributed by atoms with E-state index in [0.29, 0.717) is 16.0 Å². The summed E-state index contributed by atoms with van der Waals surface area (Å²) in [4.78, 5) is 51.5. The minimum Gasteiger partial charge on any atom is -0.508 e. The van der Waals surface area contributed by atoms with Crippen LogP contribution in [0.2, 0.25) is 0 Å². The number of hydrogen-bond acceptors (Lipinski definition) is 6. The number of hydrogen-bond donors (Lipinski definition) is 1. The van der Waals surface area contributed by atoms with Crippen LogP contribution < -0.4 is 0 Å². The summed E-state index contributed by atoms with van der Waals surface area (Å²) in [5, 5.41) is 9.94. The number of ether oxygens (including phenoxy) is 1. The summed E-state index contributed by atoms with van der Waals surface area (Å²) in [6, 6.07) is 3.63. The second kappa shape index (κ2) is 6.12. The van der Waals surface area contributed by atoms with E-state index in [1.165, 1.54) is 11.0 Å². The summed E-state index contributed by atoms with van der Waals surface area (Å²) in [5.41, 5.74) is -0.111. The topological polar surface area (TPSA) is 104 Å². The van der Waals surface area contributed by atoms with Gasteiger partial charge in [-0.2, -0.15) is 4.90 Å². The minimum absolute atomic E-state index is 0.0262. The lowest BCUT2D eigenvalue weighted by Crippen LogP contribution is -2.57. The van der Waals surface area contributed by atoms with Crippen LogP contribution in [0.4, 0.5) is 4.79 Å². The van der Waals surface area contributed by atoms with Crippen LogP contribution in [0.3, 0.4) is 0 Å². The Hall–Kier alpha value is -2.90. The number of rotatable bonds is 1. The molecule has 1 unspecified atom stereocenters. The van der Waals surface area contributed by atoms with Gasteiger partial charge < -0.3 is 14.7 Å². The van der Waals surface area contributed by atoms with Crippen LogP contribution in [0, 0.1) is 0 Å². The number of amides is 4. The first kappa shape index (κ1) is 17.9. The number of aromatic hydroxyl groups is 1. The summed E-state index contributed by atoms with van der Waals surface area (Å²) >= 11 is 0. The second-order valence-electron chi connectivity index (χ2n) is 7.34. The molecule has 26 heavy (non-hydrogen) atoms. The number of fused-ring (bicyclic) bond motifs is 1. The van der Waals surface area contributed by atoms with E-state index in [1.54, 1.807) is 32.9 Å². The van der Waals surface area contributed by atoms with Gasteiger partial charge in [-0.15, -0.1) is 0 Å². The molecule has 0 bridgehead atoms. The van der Waals surface area contributed by atoms with Gasteiger partial charge in [0.05, 0.1) is 6.54 Å². The number of phenolic OH excluding ortho intramolecular Hbond substituents is 1. The molecule has 2 heterocycles. The van der Waals surface area contributed by atoms with Crippen molar-refractivity contribution < 1.29 is 29.0 Å². The minimum atomic E-state index is -1.04. The van der Waals surface area contributed by atoms with Crippen LogP contribution in [0.15, 0.2) is 18.2 Å². The zero-order chi connectivity index (χ0) is 19.2. The first-order chi connectivity index (χ1) is 12.1. The van der Waals surface area contributed by atoms with Crippen molar-refractivity contribution in [3.63, 3.8) is 0 Å². The molecule has 2 aliphatic rings. The van der Waals surface area contributed by atoms with Crippen molar-refractivity contribution in [2.75, 3.05) is 0 Å². The maximum absolute atomic E-state index is 12.8. The average Bonchev–Trinajstić information content (AvgIpc) is 2.84. The number of imide groups is 3. The first-order valence-corrected chi connectivity index (χ1v) is 8.32. The highest BCUT2D eigenvalue weighted by Crippen LogP contribution is 2.33. The SMILES string of the molecule is CC(C)(C)OC(=O)N1C(=O)CCC(N2Cc3c(O)cccc3C2=O)C1=O. The van der Waals surface area contributed by atoms with E-state index in [9.17, 15) is 24.3 Å². The molecule has 0 saturated carbocycles. The Labute approximate surface area is 150 Å². The van der Waals surface area contributed by atoms with Crippen LogP contribution in [-0.2, 0) is 20.9 Å². The summed E-state index contributed by atoms with van der Waals surface area (Å²) in [7, 11) is 0. The van der Waals surface area contributed by atoms with Gasteiger partial charge in [-0.1, -0.05) is 6.07 Å². The van der Waals surface area contributed by atoms with Crippen molar-refractivity contribution >= 4 is 23.8 Å². The summed E-state index contributed by atoms with van der Waals surface area (Å²) in [6.45, 7) is 4.94. The highest BCUT2D eigenvalue weighted by atomic mass is 16.6. The molecule has 1 aromatic rings. The van der Waals surface area contributed by atoms with Crippen molar-refractivity contribution in [3.05, 3.63) is 29.3 Å². The average molecular weight is 360 g/mol. The normalized spacial score (nSPS) is 20.4. The number of piperidine rings is 1. The van der Waals surface area contributed by atoms with Gasteiger partial charge in [0.2, 0.25) is 5.91 Å². The molecule has 1 aromatic carbocycles. The van der Waals surface area contributed by atoms with Crippen molar-refractivity contribution in [2.45, 2.75) is 51.8 Å². The lowest BCUT2D eigenvalue weighted by Gasteiger charge is -2.35. The van der Waals surface area contributed by atoms with E-state index in [2.05, 4.69) is 0 Å². The summed E-state index contributed by atoms with van der Waals surface area (Å²) in [6.07, 6.45) is -0.969. The largest absolute Gasteiger partial charge is 0.508 e. The van der Waals surface area contributed by atoms with Crippen molar-refractivity contribution in [3.8, 4) is 5.75 Å². The molecular weight excluding hydrogens is 340 g/mol. The maximum Gasteiger partial charge on any atom is 0.424 e. The van der Waals surface area contributed by atoms with E-state index in [4.69, 9.17) is 4.74 Å². The third kappa shape index (κ3) is 3.02. The van der Waals surface area contributed by atoms with Gasteiger partial charge in [0.1, 0.15) is 17.4 Å². The molecule has 1 N–H and O–H groups in total. The third-order valence-electron chi connectivity index (χ3n) is 4.31. The quantitative estimate of drug-likeness (QED) is 0.766. The van der Waals surface area contributed by atoms with Crippen molar-refractivity contribution in [1.29, 1.82) is 0 Å². The van der Waals surface area contributed by atoms with E-state index in [1.807, 2.05) is 0 Å². The monoisotopic (exact) mass is 360 g/mol. The zero-order valence-electron chi connectivity index (χ0n) is 14.8. The van der Waals surface area contributed by atoms with Crippen molar-refractivity contribution in [1.82, 2.24) is 9.80 Å². The lowest BCUT2D eigenvalue weighted by atomic mass is 10.0. The van der Waals surface area contributed by atoms with Crippen LogP contribution in [0.25, 0.3) is 0 Å². The van der Waals surface area contributed by atoms with Gasteiger partial charge in [0.15, 0.2) is 0 Å². The second-order valence-corrected chi connectivity index (χ2v) is 7.34. The molecule has 138 valence electrons.